The molecule has 1 aromatic rings. The monoisotopic (exact) mass is 449 g/mol. The van der Waals surface area contributed by atoms with Crippen LogP contribution in [0.5, 0.6) is 5.75 Å². The third kappa shape index (κ3) is 8.19. The predicted molar refractivity (Wildman–Crippen MR) is 112 cm³/mol. The Morgan fingerprint density at radius 1 is 1.25 bits per heavy atom. The molecule has 0 aliphatic rings. The highest BCUT2D eigenvalue weighted by atomic mass is 127. The summed E-state index contributed by atoms with van der Waals surface area (Å²) in [6, 6.07) is 4.50. The van der Waals surface area contributed by atoms with Gasteiger partial charge in [-0.2, -0.15) is 0 Å². The molecule has 6 heteroatoms. The molecule has 0 saturated heterocycles. The fourth-order valence-corrected chi connectivity index (χ4v) is 2.33. The number of methoxy groups -OCH3 is 1. The summed E-state index contributed by atoms with van der Waals surface area (Å²) in [5, 5.41) is 6.56. The number of halogens is 1. The summed E-state index contributed by atoms with van der Waals surface area (Å²) in [5.41, 5.74) is 3.72. The van der Waals surface area contributed by atoms with Crippen molar-refractivity contribution in [1.82, 2.24) is 10.6 Å². The normalized spacial score (nSPS) is 12.3. The molecule has 0 radical (unpaired) electrons. The first-order valence-corrected chi connectivity index (χ1v) is 8.14. The molecule has 5 nitrogen and oxygen atoms in total. The number of aryl methyl sites for hydroxylation is 2. The lowest BCUT2D eigenvalue weighted by Gasteiger charge is -2.17. The van der Waals surface area contributed by atoms with Crippen molar-refractivity contribution in [3.8, 4) is 5.75 Å². The Balaban J connectivity index is 0.00000529. The zero-order valence-electron chi connectivity index (χ0n) is 15.7. The Labute approximate surface area is 163 Å². The fourth-order valence-electron chi connectivity index (χ4n) is 2.33. The van der Waals surface area contributed by atoms with Crippen LogP contribution in [-0.2, 0) is 4.74 Å². The molecular formula is C18H32IN3O2. The second-order valence-corrected chi connectivity index (χ2v) is 5.91. The molecular weight excluding hydrogens is 417 g/mol. The van der Waals surface area contributed by atoms with Crippen molar-refractivity contribution < 1.29 is 9.47 Å². The summed E-state index contributed by atoms with van der Waals surface area (Å²) < 4.78 is 11.0. The van der Waals surface area contributed by atoms with Crippen LogP contribution in [0, 0.1) is 20.8 Å². The molecule has 2 N–H and O–H groups in total. The predicted octanol–water partition coefficient (Wildman–Crippen LogP) is 3.20. The van der Waals surface area contributed by atoms with Gasteiger partial charge in [0.2, 0.25) is 0 Å². The van der Waals surface area contributed by atoms with Gasteiger partial charge in [-0.15, -0.1) is 24.0 Å². The quantitative estimate of drug-likeness (QED) is 0.277. The highest BCUT2D eigenvalue weighted by Gasteiger charge is 2.05. The third-order valence-electron chi connectivity index (χ3n) is 3.66. The topological polar surface area (TPSA) is 54.9 Å². The smallest absolute Gasteiger partial charge is 0.191 e. The van der Waals surface area contributed by atoms with Crippen molar-refractivity contribution in [1.29, 1.82) is 0 Å². The molecule has 1 atom stereocenters. The van der Waals surface area contributed by atoms with E-state index in [0.717, 1.165) is 24.7 Å². The first kappa shape index (κ1) is 23.0. The molecule has 1 rings (SSSR count). The van der Waals surface area contributed by atoms with Gasteiger partial charge in [-0.3, -0.25) is 4.99 Å². The van der Waals surface area contributed by atoms with Gasteiger partial charge in [0.05, 0.1) is 13.2 Å². The number of guanidine groups is 1. The molecule has 0 amide bonds. The molecule has 24 heavy (non-hydrogen) atoms. The average molecular weight is 449 g/mol. The maximum Gasteiger partial charge on any atom is 0.191 e. The maximum absolute atomic E-state index is 5.91. The number of ether oxygens (including phenoxy) is 2. The Morgan fingerprint density at radius 2 is 1.96 bits per heavy atom. The first-order chi connectivity index (χ1) is 11.0. The van der Waals surface area contributed by atoms with E-state index in [9.17, 15) is 0 Å². The minimum Gasteiger partial charge on any atom is -0.493 e. The van der Waals surface area contributed by atoms with E-state index in [-0.39, 0.29) is 30.0 Å². The van der Waals surface area contributed by atoms with Crippen molar-refractivity contribution in [2.45, 2.75) is 40.2 Å². The first-order valence-electron chi connectivity index (χ1n) is 8.14. The highest BCUT2D eigenvalue weighted by Crippen LogP contribution is 2.23. The van der Waals surface area contributed by atoms with Crippen LogP contribution in [0.3, 0.4) is 0 Å². The summed E-state index contributed by atoms with van der Waals surface area (Å²) >= 11 is 0. The van der Waals surface area contributed by atoms with Gasteiger partial charge in [-0.25, -0.2) is 0 Å². The van der Waals surface area contributed by atoms with Gasteiger partial charge in [0.25, 0.3) is 0 Å². The Hall–Kier alpha value is -1.02. The van der Waals surface area contributed by atoms with Gasteiger partial charge in [-0.1, -0.05) is 6.07 Å². The lowest BCUT2D eigenvalue weighted by Crippen LogP contribution is -2.44. The SMILES string of the molecule is CN=C(NCCCOc1cc(C)cc(C)c1C)NC(C)COC.I. The molecule has 0 bridgehead atoms. The van der Waals surface area contributed by atoms with Crippen LogP contribution in [0.4, 0.5) is 0 Å². The van der Waals surface area contributed by atoms with E-state index >= 15 is 0 Å². The van der Waals surface area contributed by atoms with Crippen LogP contribution in [0.15, 0.2) is 17.1 Å². The summed E-state index contributed by atoms with van der Waals surface area (Å²) in [6.07, 6.45) is 0.909. The Morgan fingerprint density at radius 3 is 2.58 bits per heavy atom. The van der Waals surface area contributed by atoms with Crippen LogP contribution in [-0.4, -0.2) is 45.9 Å². The fraction of sp³-hybridized carbons (Fsp3) is 0.611. The zero-order valence-corrected chi connectivity index (χ0v) is 18.1. The maximum atomic E-state index is 5.91. The molecule has 1 aromatic carbocycles. The van der Waals surface area contributed by atoms with Gasteiger partial charge >= 0.3 is 0 Å². The van der Waals surface area contributed by atoms with Crippen LogP contribution < -0.4 is 15.4 Å². The van der Waals surface area contributed by atoms with E-state index < -0.39 is 0 Å². The van der Waals surface area contributed by atoms with E-state index in [1.54, 1.807) is 14.2 Å². The molecule has 0 aromatic heterocycles. The number of hydrogen-bond donors (Lipinski definition) is 2. The van der Waals surface area contributed by atoms with E-state index in [2.05, 4.69) is 55.5 Å². The van der Waals surface area contributed by atoms with Crippen LogP contribution >= 0.6 is 24.0 Å². The van der Waals surface area contributed by atoms with E-state index in [4.69, 9.17) is 9.47 Å². The Bertz CT molecular complexity index is 521. The zero-order chi connectivity index (χ0) is 17.2. The lowest BCUT2D eigenvalue weighted by molar-refractivity contribution is 0.179. The minimum atomic E-state index is 0. The number of rotatable bonds is 8. The van der Waals surface area contributed by atoms with E-state index in [0.29, 0.717) is 13.2 Å². The number of aliphatic imine (C=N–C) groups is 1. The molecule has 0 spiro atoms. The third-order valence-corrected chi connectivity index (χ3v) is 3.66. The number of nitrogens with one attached hydrogen (secondary N) is 2. The molecule has 0 fully saturated rings. The minimum absolute atomic E-state index is 0. The Kier molecular flexibility index (Phi) is 11.8. The van der Waals surface area contributed by atoms with Crippen LogP contribution in [0.2, 0.25) is 0 Å². The molecule has 0 saturated carbocycles. The highest BCUT2D eigenvalue weighted by molar-refractivity contribution is 14.0. The van der Waals surface area contributed by atoms with E-state index in [1.165, 1.54) is 16.7 Å². The second-order valence-electron chi connectivity index (χ2n) is 5.91. The van der Waals surface area contributed by atoms with Gasteiger partial charge in [0, 0.05) is 26.7 Å². The largest absolute Gasteiger partial charge is 0.493 e. The summed E-state index contributed by atoms with van der Waals surface area (Å²) in [7, 11) is 3.46. The second kappa shape index (κ2) is 12.4. The molecule has 0 heterocycles. The van der Waals surface area contributed by atoms with Crippen molar-refractivity contribution in [3.63, 3.8) is 0 Å². The van der Waals surface area contributed by atoms with Crippen molar-refractivity contribution >= 4 is 29.9 Å². The summed E-state index contributed by atoms with van der Waals surface area (Å²) in [4.78, 5) is 4.20. The van der Waals surface area contributed by atoms with Crippen molar-refractivity contribution in [3.05, 3.63) is 28.8 Å². The van der Waals surface area contributed by atoms with Gasteiger partial charge in [0.1, 0.15) is 5.75 Å². The van der Waals surface area contributed by atoms with Crippen LogP contribution in [0.25, 0.3) is 0 Å². The molecule has 0 aliphatic heterocycles. The summed E-state index contributed by atoms with van der Waals surface area (Å²) in [6.45, 7) is 10.5. The number of benzene rings is 1. The van der Waals surface area contributed by atoms with Crippen LogP contribution in [0.1, 0.15) is 30.0 Å². The number of hydrogen-bond acceptors (Lipinski definition) is 3. The molecule has 0 aliphatic carbocycles. The van der Waals surface area contributed by atoms with Gasteiger partial charge < -0.3 is 20.1 Å². The van der Waals surface area contributed by atoms with Crippen molar-refractivity contribution in [2.75, 3.05) is 33.9 Å². The van der Waals surface area contributed by atoms with E-state index in [1.807, 2.05) is 0 Å². The van der Waals surface area contributed by atoms with Gasteiger partial charge in [0.15, 0.2) is 5.96 Å². The summed E-state index contributed by atoms with van der Waals surface area (Å²) in [5.74, 6) is 1.77. The average Bonchev–Trinajstić information content (AvgIpc) is 2.50. The molecule has 1 unspecified atom stereocenters. The van der Waals surface area contributed by atoms with Gasteiger partial charge in [-0.05, 0) is 56.9 Å². The molecule has 138 valence electrons. The van der Waals surface area contributed by atoms with Crippen molar-refractivity contribution in [2.24, 2.45) is 4.99 Å². The number of nitrogens with zero attached hydrogens (tertiary/aromatic N) is 1. The lowest BCUT2D eigenvalue weighted by atomic mass is 10.1. The standard InChI is InChI=1S/C18H31N3O2.HI/c1-13-10-14(2)16(4)17(11-13)23-9-7-8-20-18(19-5)21-15(3)12-22-6;/h10-11,15H,7-9,12H2,1-6H3,(H2,19,20,21);1H.